The normalized spacial score (nSPS) is 14.4. The minimum atomic E-state index is -1.78. The average Bonchev–Trinajstić information content (AvgIpc) is 1.62. The second-order valence-corrected chi connectivity index (χ2v) is 3.60. The molecule has 0 radical (unpaired) electrons. The fourth-order valence-corrected chi connectivity index (χ4v) is 0.744. The second-order valence-electron chi connectivity index (χ2n) is 3.60. The molecule has 0 amide bonds. The topological polar surface area (TPSA) is 66.5 Å². The molecule has 0 unspecified atom stereocenters. The highest BCUT2D eigenvalue weighted by atomic mass is 16.5. The minimum absolute atomic E-state index is 0.257. The van der Waals surface area contributed by atoms with E-state index < -0.39 is 11.3 Å². The molecule has 0 aliphatic rings. The maximum absolute atomic E-state index is 9.36. The molecule has 10 heavy (non-hydrogen) atoms. The van der Waals surface area contributed by atoms with Crippen LogP contribution in [0.2, 0.25) is 0 Å². The lowest BCUT2D eigenvalue weighted by Crippen LogP contribution is -2.59. The third kappa shape index (κ3) is 1.68. The summed E-state index contributed by atoms with van der Waals surface area (Å²) < 4.78 is 0. The van der Waals surface area contributed by atoms with Crippen LogP contribution in [0.3, 0.4) is 0 Å². The Balaban J connectivity index is 4.40. The van der Waals surface area contributed by atoms with Crippen LogP contribution in [0.4, 0.5) is 0 Å². The van der Waals surface area contributed by atoms with Crippen molar-refractivity contribution in [2.45, 2.75) is 39.0 Å². The summed E-state index contributed by atoms with van der Waals surface area (Å²) in [6.07, 6.45) is 0. The van der Waals surface area contributed by atoms with Crippen molar-refractivity contribution in [2.75, 3.05) is 0 Å². The molecule has 0 bridgehead atoms. The Labute approximate surface area is 61.9 Å². The van der Waals surface area contributed by atoms with E-state index in [0.717, 1.165) is 0 Å². The maximum atomic E-state index is 9.36. The van der Waals surface area contributed by atoms with Crippen LogP contribution in [0.15, 0.2) is 0 Å². The van der Waals surface area contributed by atoms with Gasteiger partial charge in [0.2, 0.25) is 0 Å². The Kier molecular flexibility index (Phi) is 2.46. The first-order valence-electron chi connectivity index (χ1n) is 3.43. The van der Waals surface area contributed by atoms with E-state index in [1.165, 1.54) is 0 Å². The Morgan fingerprint density at radius 1 is 1.20 bits per heavy atom. The van der Waals surface area contributed by atoms with Gasteiger partial charge in [0.1, 0.15) is 0 Å². The highest BCUT2D eigenvalue weighted by Gasteiger charge is 2.41. The highest BCUT2D eigenvalue weighted by Crippen LogP contribution is 2.24. The number of nitrogens with two attached hydrogens (primary N) is 1. The van der Waals surface area contributed by atoms with Gasteiger partial charge in [0, 0.05) is 5.92 Å². The van der Waals surface area contributed by atoms with Gasteiger partial charge in [0.05, 0.1) is 5.54 Å². The zero-order valence-corrected chi connectivity index (χ0v) is 7.05. The van der Waals surface area contributed by atoms with Crippen LogP contribution in [0.1, 0.15) is 27.7 Å². The molecule has 0 rings (SSSR count). The predicted octanol–water partition coefficient (Wildman–Crippen LogP) is 0.0606. The number of aliphatic hydroxyl groups is 2. The molecule has 0 fully saturated rings. The van der Waals surface area contributed by atoms with Gasteiger partial charge >= 0.3 is 0 Å². The fraction of sp³-hybridized carbons (Fsp3) is 1.00. The van der Waals surface area contributed by atoms with Gasteiger partial charge in [-0.05, 0) is 13.8 Å². The number of hydrogen-bond donors (Lipinski definition) is 3. The third-order valence-electron chi connectivity index (χ3n) is 1.75. The van der Waals surface area contributed by atoms with Crippen LogP contribution < -0.4 is 5.73 Å². The monoisotopic (exact) mass is 147 g/mol. The molecule has 4 N–H and O–H groups in total. The Hall–Kier alpha value is -0.120. The molecule has 0 atom stereocenters. The van der Waals surface area contributed by atoms with Crippen molar-refractivity contribution in [2.24, 2.45) is 11.7 Å². The van der Waals surface area contributed by atoms with Crippen LogP contribution in [0.5, 0.6) is 0 Å². The largest absolute Gasteiger partial charge is 0.364 e. The molecular weight excluding hydrogens is 130 g/mol. The average molecular weight is 147 g/mol. The van der Waals surface area contributed by atoms with Crippen LogP contribution >= 0.6 is 0 Å². The van der Waals surface area contributed by atoms with Gasteiger partial charge in [-0.25, -0.2) is 0 Å². The molecule has 62 valence electrons. The Morgan fingerprint density at radius 2 is 1.50 bits per heavy atom. The summed E-state index contributed by atoms with van der Waals surface area (Å²) in [6, 6.07) is 0. The van der Waals surface area contributed by atoms with Crippen molar-refractivity contribution in [3.8, 4) is 0 Å². The van der Waals surface area contributed by atoms with Gasteiger partial charge in [-0.1, -0.05) is 13.8 Å². The minimum Gasteiger partial charge on any atom is -0.364 e. The molecule has 0 spiro atoms. The molecule has 0 saturated heterocycles. The summed E-state index contributed by atoms with van der Waals surface area (Å²) in [5.41, 5.74) is 4.54. The summed E-state index contributed by atoms with van der Waals surface area (Å²) in [5, 5.41) is 18.7. The van der Waals surface area contributed by atoms with Gasteiger partial charge in [-0.2, -0.15) is 0 Å². The summed E-state index contributed by atoms with van der Waals surface area (Å²) >= 11 is 0. The molecule has 0 heterocycles. The lowest BCUT2D eigenvalue weighted by Gasteiger charge is -2.38. The molecule has 0 aromatic rings. The van der Waals surface area contributed by atoms with Crippen molar-refractivity contribution in [3.63, 3.8) is 0 Å². The van der Waals surface area contributed by atoms with E-state index in [9.17, 15) is 10.2 Å². The van der Waals surface area contributed by atoms with Crippen LogP contribution in [-0.4, -0.2) is 21.5 Å². The van der Waals surface area contributed by atoms with Crippen LogP contribution in [0, 0.1) is 5.92 Å². The molecule has 0 aliphatic carbocycles. The number of rotatable bonds is 2. The van der Waals surface area contributed by atoms with Crippen molar-refractivity contribution in [1.29, 1.82) is 0 Å². The van der Waals surface area contributed by atoms with Gasteiger partial charge < -0.3 is 15.9 Å². The van der Waals surface area contributed by atoms with Gasteiger partial charge in [0.25, 0.3) is 0 Å². The molecule has 0 aliphatic heterocycles. The predicted molar refractivity (Wildman–Crippen MR) is 40.3 cm³/mol. The Morgan fingerprint density at radius 3 is 1.50 bits per heavy atom. The van der Waals surface area contributed by atoms with Crippen LogP contribution in [-0.2, 0) is 0 Å². The van der Waals surface area contributed by atoms with Crippen LogP contribution in [0.25, 0.3) is 0 Å². The molecule has 3 heteroatoms. The van der Waals surface area contributed by atoms with Gasteiger partial charge in [-0.15, -0.1) is 0 Å². The highest BCUT2D eigenvalue weighted by molar-refractivity contribution is 4.90. The van der Waals surface area contributed by atoms with Crippen molar-refractivity contribution in [1.82, 2.24) is 0 Å². The van der Waals surface area contributed by atoms with Crippen molar-refractivity contribution < 1.29 is 10.2 Å². The van der Waals surface area contributed by atoms with E-state index in [2.05, 4.69) is 0 Å². The zero-order valence-electron chi connectivity index (χ0n) is 7.05. The SMILES string of the molecule is CC(C)C(O)(O)C(C)(C)N. The lowest BCUT2D eigenvalue weighted by molar-refractivity contribution is -0.229. The van der Waals surface area contributed by atoms with E-state index in [0.29, 0.717) is 0 Å². The van der Waals surface area contributed by atoms with E-state index in [1.807, 2.05) is 0 Å². The number of hydrogen-bond acceptors (Lipinski definition) is 3. The van der Waals surface area contributed by atoms with E-state index in [-0.39, 0.29) is 5.92 Å². The van der Waals surface area contributed by atoms with Gasteiger partial charge in [-0.3, -0.25) is 0 Å². The lowest BCUT2D eigenvalue weighted by atomic mass is 9.86. The summed E-state index contributed by atoms with van der Waals surface area (Å²) in [4.78, 5) is 0. The van der Waals surface area contributed by atoms with E-state index >= 15 is 0 Å². The summed E-state index contributed by atoms with van der Waals surface area (Å²) in [6.45, 7) is 6.61. The first-order chi connectivity index (χ1) is 4.19. The maximum Gasteiger partial charge on any atom is 0.182 e. The van der Waals surface area contributed by atoms with E-state index in [1.54, 1.807) is 27.7 Å². The second kappa shape index (κ2) is 2.49. The van der Waals surface area contributed by atoms with E-state index in [4.69, 9.17) is 5.73 Å². The first-order valence-corrected chi connectivity index (χ1v) is 3.43. The first kappa shape index (κ1) is 9.88. The molecule has 0 aromatic carbocycles. The van der Waals surface area contributed by atoms with Gasteiger partial charge in [0.15, 0.2) is 5.79 Å². The summed E-state index contributed by atoms with van der Waals surface area (Å²) in [5.74, 6) is -2.04. The standard InChI is InChI=1S/C7H17NO2/c1-5(2)7(9,10)6(3,4)8/h5,9-10H,8H2,1-4H3. The van der Waals surface area contributed by atoms with Crippen molar-refractivity contribution >= 4 is 0 Å². The van der Waals surface area contributed by atoms with Crippen molar-refractivity contribution in [3.05, 3.63) is 0 Å². The summed E-state index contributed by atoms with van der Waals surface area (Å²) in [7, 11) is 0. The molecular formula is C7H17NO2. The molecule has 3 nitrogen and oxygen atoms in total. The fourth-order valence-electron chi connectivity index (χ4n) is 0.744. The smallest absolute Gasteiger partial charge is 0.182 e. The zero-order chi connectivity index (χ0) is 8.58. The quantitative estimate of drug-likeness (QED) is 0.484. The molecule has 0 aromatic heterocycles. The Bertz CT molecular complexity index is 113. The molecule has 0 saturated carbocycles. The third-order valence-corrected chi connectivity index (χ3v) is 1.75.